The van der Waals surface area contributed by atoms with E-state index in [-0.39, 0.29) is 0 Å². The first-order valence-corrected chi connectivity index (χ1v) is 9.12. The van der Waals surface area contributed by atoms with Gasteiger partial charge >= 0.3 is 0 Å². The molecule has 2 fully saturated rings. The quantitative estimate of drug-likeness (QED) is 0.837. The van der Waals surface area contributed by atoms with Crippen molar-refractivity contribution in [2.24, 2.45) is 11.8 Å². The smallest absolute Gasteiger partial charge is 0.168 e. The summed E-state index contributed by atoms with van der Waals surface area (Å²) in [5.41, 5.74) is 1.15. The van der Waals surface area contributed by atoms with E-state index in [1.807, 2.05) is 12.1 Å². The fraction of sp³-hybridized carbons (Fsp3) is 0.625. The maximum atomic E-state index is 10.9. The maximum Gasteiger partial charge on any atom is 0.168 e. The van der Waals surface area contributed by atoms with Crippen LogP contribution >= 0.6 is 0 Å². The largest absolute Gasteiger partial charge is 0.372 e. The van der Waals surface area contributed by atoms with Crippen LogP contribution in [0.1, 0.15) is 25.7 Å². The van der Waals surface area contributed by atoms with Crippen molar-refractivity contribution in [3.8, 4) is 0 Å². The zero-order chi connectivity index (χ0) is 14.7. The Labute approximate surface area is 128 Å². The highest BCUT2D eigenvalue weighted by molar-refractivity contribution is 7.72. The van der Waals surface area contributed by atoms with Crippen LogP contribution in [0.4, 0.5) is 5.69 Å². The SMILES string of the molecule is O=[SH](=O)c1ccc(N2CCC(C3CCNCC3)CC2)cc1. The van der Waals surface area contributed by atoms with E-state index < -0.39 is 10.7 Å². The second-order valence-corrected chi connectivity index (χ2v) is 7.22. The highest BCUT2D eigenvalue weighted by Crippen LogP contribution is 2.32. The van der Waals surface area contributed by atoms with Gasteiger partial charge in [-0.05, 0) is 74.9 Å². The Morgan fingerprint density at radius 1 is 0.905 bits per heavy atom. The van der Waals surface area contributed by atoms with Gasteiger partial charge in [0.05, 0.1) is 4.90 Å². The molecular formula is C16H24N2O2S. The van der Waals surface area contributed by atoms with E-state index >= 15 is 0 Å². The zero-order valence-electron chi connectivity index (χ0n) is 12.3. The van der Waals surface area contributed by atoms with Gasteiger partial charge in [-0.25, -0.2) is 8.42 Å². The van der Waals surface area contributed by atoms with Crippen LogP contribution in [0.3, 0.4) is 0 Å². The normalized spacial score (nSPS) is 21.9. The van der Waals surface area contributed by atoms with Gasteiger partial charge in [-0.2, -0.15) is 0 Å². The van der Waals surface area contributed by atoms with Crippen LogP contribution < -0.4 is 10.2 Å². The van der Waals surface area contributed by atoms with E-state index in [1.54, 1.807) is 12.1 Å². The molecule has 116 valence electrons. The lowest BCUT2D eigenvalue weighted by Crippen LogP contribution is -2.39. The first kappa shape index (κ1) is 14.9. The van der Waals surface area contributed by atoms with E-state index in [9.17, 15) is 8.42 Å². The minimum atomic E-state index is -2.47. The molecule has 2 aliphatic rings. The second kappa shape index (κ2) is 6.79. The summed E-state index contributed by atoms with van der Waals surface area (Å²) >= 11 is 0. The minimum Gasteiger partial charge on any atom is -0.372 e. The third-order valence-electron chi connectivity index (χ3n) is 5.02. The number of hydrogen-bond acceptors (Lipinski definition) is 4. The summed E-state index contributed by atoms with van der Waals surface area (Å²) in [5.74, 6) is 1.78. The molecular weight excluding hydrogens is 284 g/mol. The van der Waals surface area contributed by atoms with Crippen LogP contribution in [0.25, 0.3) is 0 Å². The highest BCUT2D eigenvalue weighted by atomic mass is 32.2. The van der Waals surface area contributed by atoms with E-state index in [0.717, 1.165) is 30.6 Å². The Hall–Kier alpha value is -1.07. The molecule has 5 heteroatoms. The Morgan fingerprint density at radius 2 is 1.48 bits per heavy atom. The molecule has 0 aliphatic carbocycles. The topological polar surface area (TPSA) is 49.4 Å². The molecule has 3 rings (SSSR count). The molecule has 1 N–H and O–H groups in total. The molecule has 0 aromatic heterocycles. The number of anilines is 1. The van der Waals surface area contributed by atoms with Gasteiger partial charge in [-0.15, -0.1) is 0 Å². The molecule has 2 saturated heterocycles. The van der Waals surface area contributed by atoms with Crippen LogP contribution in [-0.2, 0) is 10.7 Å². The van der Waals surface area contributed by atoms with Crippen molar-refractivity contribution >= 4 is 16.4 Å². The van der Waals surface area contributed by atoms with Crippen molar-refractivity contribution in [3.63, 3.8) is 0 Å². The Bertz CT molecular complexity index is 520. The maximum absolute atomic E-state index is 10.9. The third-order valence-corrected chi connectivity index (χ3v) is 5.74. The Balaban J connectivity index is 1.57. The molecule has 0 amide bonds. The Kier molecular flexibility index (Phi) is 4.80. The highest BCUT2D eigenvalue weighted by Gasteiger charge is 2.27. The predicted octanol–water partition coefficient (Wildman–Crippen LogP) is 1.87. The van der Waals surface area contributed by atoms with Gasteiger partial charge in [-0.3, -0.25) is 0 Å². The van der Waals surface area contributed by atoms with E-state index in [1.165, 1.54) is 38.8 Å². The number of nitrogens with one attached hydrogen (secondary N) is 1. The van der Waals surface area contributed by atoms with Gasteiger partial charge in [0, 0.05) is 18.8 Å². The fourth-order valence-electron chi connectivity index (χ4n) is 3.73. The summed E-state index contributed by atoms with van der Waals surface area (Å²) in [6.07, 6.45) is 5.19. The van der Waals surface area contributed by atoms with Gasteiger partial charge in [-0.1, -0.05) is 0 Å². The molecule has 2 heterocycles. The molecule has 0 bridgehead atoms. The summed E-state index contributed by atoms with van der Waals surface area (Å²) in [7, 11) is -2.47. The summed E-state index contributed by atoms with van der Waals surface area (Å²) in [4.78, 5) is 2.79. The number of rotatable bonds is 3. The van der Waals surface area contributed by atoms with E-state index in [4.69, 9.17) is 0 Å². The van der Waals surface area contributed by atoms with Crippen LogP contribution in [0.15, 0.2) is 29.2 Å². The third kappa shape index (κ3) is 3.58. The molecule has 1 aromatic carbocycles. The lowest BCUT2D eigenvalue weighted by molar-refractivity contribution is 0.222. The molecule has 21 heavy (non-hydrogen) atoms. The van der Waals surface area contributed by atoms with Crippen LogP contribution in [0.5, 0.6) is 0 Å². The van der Waals surface area contributed by atoms with Crippen LogP contribution in [0, 0.1) is 11.8 Å². The molecule has 0 atom stereocenters. The first-order chi connectivity index (χ1) is 10.2. The standard InChI is InChI=1S/C16H24N2O2S/c19-21(20)16-3-1-15(2-4-16)18-11-7-14(8-12-18)13-5-9-17-10-6-13/h1-4,13-14,17,21H,5-12H2. The van der Waals surface area contributed by atoms with Gasteiger partial charge in [0.15, 0.2) is 10.7 Å². The number of nitrogens with zero attached hydrogens (tertiary/aromatic N) is 1. The molecule has 0 spiro atoms. The van der Waals surface area contributed by atoms with Crippen molar-refractivity contribution < 1.29 is 8.42 Å². The summed E-state index contributed by atoms with van der Waals surface area (Å²) < 4.78 is 21.8. The van der Waals surface area contributed by atoms with Gasteiger partial charge in [0.1, 0.15) is 0 Å². The van der Waals surface area contributed by atoms with E-state index in [2.05, 4.69) is 10.2 Å². The first-order valence-electron chi connectivity index (χ1n) is 7.94. The number of piperidine rings is 2. The molecule has 0 radical (unpaired) electrons. The predicted molar refractivity (Wildman–Crippen MR) is 85.6 cm³/mol. The summed E-state index contributed by atoms with van der Waals surface area (Å²) in [6.45, 7) is 4.55. The molecule has 0 unspecified atom stereocenters. The molecule has 1 aromatic rings. The average molecular weight is 308 g/mol. The number of thiol groups is 1. The van der Waals surface area contributed by atoms with Crippen LogP contribution in [-0.4, -0.2) is 34.6 Å². The fourth-order valence-corrected chi connectivity index (χ4v) is 4.12. The number of hydrogen-bond donors (Lipinski definition) is 2. The van der Waals surface area contributed by atoms with Gasteiger partial charge in [0.25, 0.3) is 0 Å². The van der Waals surface area contributed by atoms with Gasteiger partial charge < -0.3 is 10.2 Å². The minimum absolute atomic E-state index is 0.401. The lowest BCUT2D eigenvalue weighted by Gasteiger charge is -2.38. The summed E-state index contributed by atoms with van der Waals surface area (Å²) in [6, 6.07) is 7.29. The van der Waals surface area contributed by atoms with Gasteiger partial charge in [0.2, 0.25) is 0 Å². The number of benzene rings is 1. The van der Waals surface area contributed by atoms with Crippen molar-refractivity contribution in [2.45, 2.75) is 30.6 Å². The van der Waals surface area contributed by atoms with Crippen molar-refractivity contribution in [2.75, 3.05) is 31.1 Å². The summed E-state index contributed by atoms with van der Waals surface area (Å²) in [5, 5.41) is 3.44. The second-order valence-electron chi connectivity index (χ2n) is 6.19. The van der Waals surface area contributed by atoms with Crippen molar-refractivity contribution in [3.05, 3.63) is 24.3 Å². The zero-order valence-corrected chi connectivity index (χ0v) is 13.2. The molecule has 4 nitrogen and oxygen atoms in total. The van der Waals surface area contributed by atoms with Crippen molar-refractivity contribution in [1.29, 1.82) is 0 Å². The Morgan fingerprint density at radius 3 is 2.05 bits per heavy atom. The van der Waals surface area contributed by atoms with Crippen LogP contribution in [0.2, 0.25) is 0 Å². The molecule has 2 aliphatic heterocycles. The lowest BCUT2D eigenvalue weighted by atomic mass is 9.79. The monoisotopic (exact) mass is 308 g/mol. The molecule has 0 saturated carbocycles. The van der Waals surface area contributed by atoms with Crippen molar-refractivity contribution in [1.82, 2.24) is 5.32 Å². The van der Waals surface area contributed by atoms with E-state index in [0.29, 0.717) is 4.90 Å². The average Bonchev–Trinajstić information content (AvgIpc) is 2.56.